The van der Waals surface area contributed by atoms with Gasteiger partial charge in [0.05, 0.1) is 25.7 Å². The summed E-state index contributed by atoms with van der Waals surface area (Å²) in [5, 5.41) is 2.91. The highest BCUT2D eigenvalue weighted by molar-refractivity contribution is 7.87. The molecule has 0 spiro atoms. The number of hydrogen-bond acceptors (Lipinski definition) is 6. The summed E-state index contributed by atoms with van der Waals surface area (Å²) in [5.74, 6) is 1.31. The summed E-state index contributed by atoms with van der Waals surface area (Å²) in [5.41, 5.74) is 1.32. The van der Waals surface area contributed by atoms with Crippen LogP contribution in [-0.4, -0.2) is 45.9 Å². The monoisotopic (exact) mass is 448 g/mol. The van der Waals surface area contributed by atoms with Crippen molar-refractivity contribution >= 4 is 21.8 Å². The predicted molar refractivity (Wildman–Crippen MR) is 118 cm³/mol. The van der Waals surface area contributed by atoms with Crippen LogP contribution < -0.4 is 19.0 Å². The molecule has 168 valence electrons. The molecule has 0 aliphatic heterocycles. The van der Waals surface area contributed by atoms with Crippen molar-refractivity contribution in [2.24, 2.45) is 5.92 Å². The normalized spacial score (nSPS) is 13.4. The number of benzene rings is 2. The van der Waals surface area contributed by atoms with Crippen molar-refractivity contribution in [3.8, 4) is 17.2 Å². The van der Waals surface area contributed by atoms with E-state index >= 15 is 0 Å². The highest BCUT2D eigenvalue weighted by Gasteiger charge is 2.27. The first kappa shape index (κ1) is 22.7. The fourth-order valence-corrected chi connectivity index (χ4v) is 3.60. The van der Waals surface area contributed by atoms with E-state index in [1.807, 2.05) is 12.1 Å². The second kappa shape index (κ2) is 9.91. The van der Waals surface area contributed by atoms with Crippen molar-refractivity contribution in [1.82, 2.24) is 4.90 Å². The van der Waals surface area contributed by atoms with Crippen molar-refractivity contribution in [2.75, 3.05) is 31.8 Å². The Hall–Kier alpha value is -2.94. The number of nitrogens with zero attached hydrogens (tertiary/aromatic N) is 1. The van der Waals surface area contributed by atoms with Crippen LogP contribution in [0.2, 0.25) is 0 Å². The molecule has 2 amide bonds. The summed E-state index contributed by atoms with van der Waals surface area (Å²) in [4.78, 5) is 14.8. The van der Waals surface area contributed by atoms with Gasteiger partial charge in [0.15, 0.2) is 11.5 Å². The summed E-state index contributed by atoms with van der Waals surface area (Å²) >= 11 is 0. The first-order valence-electron chi connectivity index (χ1n) is 10.1. The lowest BCUT2D eigenvalue weighted by atomic mass is 10.2. The summed E-state index contributed by atoms with van der Waals surface area (Å²) < 4.78 is 39.6. The molecule has 0 heterocycles. The number of ether oxygens (including phenoxy) is 2. The number of urea groups is 1. The summed E-state index contributed by atoms with van der Waals surface area (Å²) in [6, 6.07) is 12.0. The van der Waals surface area contributed by atoms with Crippen molar-refractivity contribution < 1.29 is 26.9 Å². The van der Waals surface area contributed by atoms with E-state index in [9.17, 15) is 13.2 Å². The molecule has 0 atom stereocenters. The number of hydrogen-bond donors (Lipinski definition) is 1. The molecule has 0 unspecified atom stereocenters. The van der Waals surface area contributed by atoms with Crippen LogP contribution >= 0.6 is 0 Å². The quantitative estimate of drug-likeness (QED) is 0.555. The van der Waals surface area contributed by atoms with Crippen LogP contribution in [0.3, 0.4) is 0 Å². The maximum absolute atomic E-state index is 13.0. The third kappa shape index (κ3) is 6.27. The van der Waals surface area contributed by atoms with Crippen LogP contribution in [0.5, 0.6) is 17.2 Å². The Morgan fingerprint density at radius 2 is 1.77 bits per heavy atom. The Morgan fingerprint density at radius 1 is 1.06 bits per heavy atom. The molecule has 1 fully saturated rings. The van der Waals surface area contributed by atoms with Gasteiger partial charge in [-0.3, -0.25) is 0 Å². The van der Waals surface area contributed by atoms with Gasteiger partial charge in [-0.2, -0.15) is 8.42 Å². The van der Waals surface area contributed by atoms with E-state index in [-0.39, 0.29) is 17.5 Å². The summed E-state index contributed by atoms with van der Waals surface area (Å²) in [6.45, 7) is 2.41. The molecule has 1 aliphatic rings. The number of methoxy groups -OCH3 is 2. The van der Waals surface area contributed by atoms with E-state index in [0.717, 1.165) is 18.4 Å². The average Bonchev–Trinajstić information content (AvgIpc) is 3.58. The molecule has 3 rings (SSSR count). The lowest BCUT2D eigenvalue weighted by Gasteiger charge is -2.24. The standard InChI is InChI=1S/C22H28N2O6S/c1-4-31(26,27)30-21-13-17(11-12-20(21)29-3)15-24(14-16-9-10-16)22(25)23-18-7-5-6-8-19(18)28-2/h5-8,11-13,16H,4,9-10,14-15H2,1-3H3,(H,23,25). The number of anilines is 1. The van der Waals surface area contributed by atoms with Crippen LogP contribution in [0, 0.1) is 5.92 Å². The van der Waals surface area contributed by atoms with Gasteiger partial charge in [-0.25, -0.2) is 4.79 Å². The molecule has 8 nitrogen and oxygen atoms in total. The number of amides is 2. The Bertz CT molecular complexity index is 1020. The van der Waals surface area contributed by atoms with Crippen LogP contribution in [-0.2, 0) is 16.7 Å². The molecule has 1 N–H and O–H groups in total. The molecule has 2 aromatic carbocycles. The molecular weight excluding hydrogens is 420 g/mol. The highest BCUT2D eigenvalue weighted by atomic mass is 32.2. The Labute approximate surface area is 183 Å². The van der Waals surface area contributed by atoms with Crippen LogP contribution in [0.25, 0.3) is 0 Å². The fourth-order valence-electron chi connectivity index (χ4n) is 3.07. The van der Waals surface area contributed by atoms with Gasteiger partial charge in [0.2, 0.25) is 0 Å². The van der Waals surface area contributed by atoms with Gasteiger partial charge in [-0.1, -0.05) is 18.2 Å². The number of rotatable bonds is 10. The maximum atomic E-state index is 13.0. The Kier molecular flexibility index (Phi) is 7.27. The van der Waals surface area contributed by atoms with Crippen LogP contribution in [0.1, 0.15) is 25.3 Å². The number of carbonyl (C=O) groups excluding carboxylic acids is 1. The zero-order valence-electron chi connectivity index (χ0n) is 18.0. The van der Waals surface area contributed by atoms with Crippen molar-refractivity contribution in [2.45, 2.75) is 26.3 Å². The molecular formula is C22H28N2O6S. The van der Waals surface area contributed by atoms with Gasteiger partial charge in [-0.05, 0) is 55.5 Å². The summed E-state index contributed by atoms with van der Waals surface area (Å²) in [6.07, 6.45) is 2.17. The van der Waals surface area contributed by atoms with Crippen molar-refractivity contribution in [3.05, 3.63) is 48.0 Å². The van der Waals surface area contributed by atoms with Crippen LogP contribution in [0.4, 0.5) is 10.5 Å². The minimum Gasteiger partial charge on any atom is -0.495 e. The molecule has 2 aromatic rings. The first-order valence-corrected chi connectivity index (χ1v) is 11.7. The minimum absolute atomic E-state index is 0.110. The number of para-hydroxylation sites is 2. The minimum atomic E-state index is -3.71. The van der Waals surface area contributed by atoms with Crippen LogP contribution in [0.15, 0.2) is 42.5 Å². The third-order valence-electron chi connectivity index (χ3n) is 4.98. The molecule has 0 saturated heterocycles. The molecule has 0 radical (unpaired) electrons. The molecule has 9 heteroatoms. The largest absolute Gasteiger partial charge is 0.495 e. The zero-order valence-corrected chi connectivity index (χ0v) is 18.8. The van der Waals surface area contributed by atoms with Gasteiger partial charge >= 0.3 is 16.1 Å². The smallest absolute Gasteiger partial charge is 0.322 e. The van der Waals surface area contributed by atoms with Gasteiger partial charge in [0.25, 0.3) is 0 Å². The zero-order chi connectivity index (χ0) is 22.4. The van der Waals surface area contributed by atoms with E-state index in [2.05, 4.69) is 5.32 Å². The van der Waals surface area contributed by atoms with Gasteiger partial charge < -0.3 is 23.9 Å². The lowest BCUT2D eigenvalue weighted by molar-refractivity contribution is 0.206. The lowest BCUT2D eigenvalue weighted by Crippen LogP contribution is -2.36. The third-order valence-corrected chi connectivity index (χ3v) is 6.12. The van der Waals surface area contributed by atoms with E-state index in [4.69, 9.17) is 13.7 Å². The van der Waals surface area contributed by atoms with Crippen molar-refractivity contribution in [3.63, 3.8) is 0 Å². The molecule has 0 aromatic heterocycles. The number of carbonyl (C=O) groups is 1. The molecule has 1 saturated carbocycles. The Balaban J connectivity index is 1.81. The van der Waals surface area contributed by atoms with Crippen molar-refractivity contribution in [1.29, 1.82) is 0 Å². The predicted octanol–water partition coefficient (Wildman–Crippen LogP) is 3.88. The molecule has 1 aliphatic carbocycles. The second-order valence-electron chi connectivity index (χ2n) is 7.37. The second-order valence-corrected chi connectivity index (χ2v) is 9.23. The average molecular weight is 449 g/mol. The van der Waals surface area contributed by atoms with E-state index < -0.39 is 10.1 Å². The van der Waals surface area contributed by atoms with E-state index in [1.165, 1.54) is 14.0 Å². The van der Waals surface area contributed by atoms with E-state index in [1.54, 1.807) is 42.3 Å². The van der Waals surface area contributed by atoms with Gasteiger partial charge in [0.1, 0.15) is 5.75 Å². The summed E-state index contributed by atoms with van der Waals surface area (Å²) in [7, 11) is -0.714. The van der Waals surface area contributed by atoms with Gasteiger partial charge in [0, 0.05) is 13.1 Å². The SMILES string of the molecule is CCS(=O)(=O)Oc1cc(CN(CC2CC2)C(=O)Nc2ccccc2OC)ccc1OC. The van der Waals surface area contributed by atoms with Gasteiger partial charge in [-0.15, -0.1) is 0 Å². The topological polar surface area (TPSA) is 94.2 Å². The number of nitrogens with one attached hydrogen (secondary N) is 1. The Morgan fingerprint density at radius 3 is 2.42 bits per heavy atom. The first-order chi connectivity index (χ1) is 14.8. The molecule has 31 heavy (non-hydrogen) atoms. The maximum Gasteiger partial charge on any atom is 0.322 e. The highest BCUT2D eigenvalue weighted by Crippen LogP contribution is 2.33. The molecule has 0 bridgehead atoms. The fraction of sp³-hybridized carbons (Fsp3) is 0.409. The van der Waals surface area contributed by atoms with E-state index in [0.29, 0.717) is 36.2 Å².